The van der Waals surface area contributed by atoms with E-state index in [1.165, 1.54) is 4.70 Å². The Bertz CT molecular complexity index is 1800. The number of amides is 2. The van der Waals surface area contributed by atoms with Crippen molar-refractivity contribution in [1.82, 2.24) is 15.6 Å². The fourth-order valence-corrected chi connectivity index (χ4v) is 7.51. The molecule has 6 rings (SSSR count). The largest absolute Gasteiger partial charge is 0.465 e. The van der Waals surface area contributed by atoms with Gasteiger partial charge in [-0.05, 0) is 52.9 Å². The number of nitrogens with one attached hydrogen (secondary N) is 2. The lowest BCUT2D eigenvalue weighted by molar-refractivity contribution is -0.245. The van der Waals surface area contributed by atoms with Gasteiger partial charge in [-0.1, -0.05) is 90.6 Å². The zero-order valence-corrected chi connectivity index (χ0v) is 28.1. The van der Waals surface area contributed by atoms with Crippen molar-refractivity contribution in [2.45, 2.75) is 49.3 Å². The van der Waals surface area contributed by atoms with Crippen molar-refractivity contribution in [2.24, 2.45) is 0 Å². The molecule has 2 amide bonds. The predicted octanol–water partition coefficient (Wildman–Crippen LogP) is 7.16. The SMILES string of the molecule is CCOC(=O)CNC(=O)NCc1cccc(-c2ccc(C3OC(CSc4nc5ccccc5s4)CC(c4ccc(CO)cc4)O3)cc2)c1. The van der Waals surface area contributed by atoms with Gasteiger partial charge >= 0.3 is 12.0 Å². The fourth-order valence-electron chi connectivity index (χ4n) is 5.40. The summed E-state index contributed by atoms with van der Waals surface area (Å²) in [5, 5.41) is 14.8. The molecule has 0 spiro atoms. The molecule has 3 unspecified atom stereocenters. The molecular weight excluding hydrogens is 647 g/mol. The monoisotopic (exact) mass is 683 g/mol. The summed E-state index contributed by atoms with van der Waals surface area (Å²) in [5.74, 6) is 0.262. The Balaban J connectivity index is 1.12. The minimum Gasteiger partial charge on any atom is -0.465 e. The third kappa shape index (κ3) is 8.80. The Morgan fingerprint density at radius 1 is 0.917 bits per heavy atom. The van der Waals surface area contributed by atoms with E-state index < -0.39 is 18.3 Å². The number of ether oxygens (including phenoxy) is 3. The van der Waals surface area contributed by atoms with Gasteiger partial charge in [-0.15, -0.1) is 11.3 Å². The fraction of sp³-hybridized carbons (Fsp3) is 0.270. The maximum absolute atomic E-state index is 12.1. The number of fused-ring (bicyclic) bond motifs is 1. The summed E-state index contributed by atoms with van der Waals surface area (Å²) in [5.41, 5.74) is 6.78. The van der Waals surface area contributed by atoms with Gasteiger partial charge in [-0.3, -0.25) is 4.79 Å². The number of carbonyl (C=O) groups is 2. The van der Waals surface area contributed by atoms with E-state index in [1.807, 2.05) is 91.0 Å². The van der Waals surface area contributed by atoms with Crippen molar-refractivity contribution < 1.29 is 28.9 Å². The third-order valence-corrected chi connectivity index (χ3v) is 10.2. The average molecular weight is 684 g/mol. The van der Waals surface area contributed by atoms with Crippen molar-refractivity contribution >= 4 is 45.3 Å². The number of aromatic nitrogens is 1. The van der Waals surface area contributed by atoms with Gasteiger partial charge in [0.2, 0.25) is 0 Å². The highest BCUT2D eigenvalue weighted by molar-refractivity contribution is 8.01. The molecule has 2 heterocycles. The summed E-state index contributed by atoms with van der Waals surface area (Å²) in [7, 11) is 0. The van der Waals surface area contributed by atoms with Gasteiger partial charge in [-0.25, -0.2) is 9.78 Å². The first-order valence-electron chi connectivity index (χ1n) is 15.8. The van der Waals surface area contributed by atoms with Crippen LogP contribution in [0.5, 0.6) is 0 Å². The summed E-state index contributed by atoms with van der Waals surface area (Å²) in [6, 6.07) is 31.7. The Kier molecular flexibility index (Phi) is 11.4. The van der Waals surface area contributed by atoms with Crippen LogP contribution in [0.1, 0.15) is 48.0 Å². The highest BCUT2D eigenvalue weighted by Crippen LogP contribution is 2.40. The smallest absolute Gasteiger partial charge is 0.325 e. The molecule has 3 N–H and O–H groups in total. The second-order valence-electron chi connectivity index (χ2n) is 11.3. The summed E-state index contributed by atoms with van der Waals surface area (Å²) in [6.45, 7) is 2.11. The topological polar surface area (TPSA) is 119 Å². The number of thiazole rings is 1. The predicted molar refractivity (Wildman–Crippen MR) is 188 cm³/mol. The summed E-state index contributed by atoms with van der Waals surface area (Å²) in [4.78, 5) is 28.4. The maximum atomic E-state index is 12.1. The van der Waals surface area contributed by atoms with Crippen molar-refractivity contribution in [2.75, 3.05) is 18.9 Å². The molecule has 1 aliphatic heterocycles. The van der Waals surface area contributed by atoms with Gasteiger partial charge in [0, 0.05) is 24.3 Å². The highest BCUT2D eigenvalue weighted by atomic mass is 32.2. The molecule has 1 saturated heterocycles. The van der Waals surface area contributed by atoms with E-state index in [0.717, 1.165) is 49.0 Å². The van der Waals surface area contributed by atoms with E-state index in [-0.39, 0.29) is 32.0 Å². The molecular formula is C37H37N3O6S2. The van der Waals surface area contributed by atoms with Crippen LogP contribution in [0.2, 0.25) is 0 Å². The molecule has 0 saturated carbocycles. The lowest BCUT2D eigenvalue weighted by atomic mass is 9.99. The lowest BCUT2D eigenvalue weighted by Crippen LogP contribution is -2.38. The van der Waals surface area contributed by atoms with E-state index in [2.05, 4.69) is 16.7 Å². The number of hydrogen-bond donors (Lipinski definition) is 3. The van der Waals surface area contributed by atoms with Gasteiger partial charge in [0.25, 0.3) is 0 Å². The standard InChI is InChI=1S/C37H37N3O6S2/c1-2-44-34(42)21-39-36(43)38-20-25-6-5-7-29(18-25)26-14-16-28(17-15-26)35-45-30(19-32(46-35)27-12-10-24(22-41)11-13-27)23-47-37-40-31-8-3-4-9-33(31)48-37/h3-18,30,32,35,41H,2,19-23H2,1H3,(H2,38,39,43). The number of aliphatic hydroxyl groups excluding tert-OH is 1. The van der Waals surface area contributed by atoms with E-state index in [9.17, 15) is 14.7 Å². The average Bonchev–Trinajstić information content (AvgIpc) is 3.56. The number of carbonyl (C=O) groups excluding carboxylic acids is 2. The number of hydrogen-bond acceptors (Lipinski definition) is 9. The summed E-state index contributed by atoms with van der Waals surface area (Å²) in [6.07, 6.45) is -0.0931. The zero-order valence-electron chi connectivity index (χ0n) is 26.5. The Labute approximate surface area is 287 Å². The molecule has 1 fully saturated rings. The highest BCUT2D eigenvalue weighted by Gasteiger charge is 2.32. The second-order valence-corrected chi connectivity index (χ2v) is 13.6. The molecule has 1 aliphatic rings. The molecule has 1 aromatic heterocycles. The van der Waals surface area contributed by atoms with E-state index in [0.29, 0.717) is 13.0 Å². The van der Waals surface area contributed by atoms with Crippen molar-refractivity contribution in [3.05, 3.63) is 119 Å². The molecule has 9 nitrogen and oxygen atoms in total. The van der Waals surface area contributed by atoms with Crippen LogP contribution < -0.4 is 10.6 Å². The van der Waals surface area contributed by atoms with Crippen LogP contribution in [-0.2, 0) is 32.2 Å². The first kappa shape index (κ1) is 33.6. The number of rotatable bonds is 12. The van der Waals surface area contributed by atoms with Crippen LogP contribution in [0.15, 0.2) is 101 Å². The number of esters is 1. The van der Waals surface area contributed by atoms with E-state index in [1.54, 1.807) is 30.0 Å². The molecule has 0 bridgehead atoms. The Morgan fingerprint density at radius 2 is 1.71 bits per heavy atom. The Hall–Kier alpha value is -4.26. The Morgan fingerprint density at radius 3 is 2.48 bits per heavy atom. The second kappa shape index (κ2) is 16.2. The quantitative estimate of drug-likeness (QED) is 0.0937. The lowest BCUT2D eigenvalue weighted by Gasteiger charge is -2.36. The van der Waals surface area contributed by atoms with Crippen molar-refractivity contribution in [1.29, 1.82) is 0 Å². The molecule has 0 radical (unpaired) electrons. The number of thioether (sulfide) groups is 1. The number of benzene rings is 4. The van der Waals surface area contributed by atoms with Gasteiger partial charge in [0.1, 0.15) is 6.54 Å². The van der Waals surface area contributed by atoms with Crippen LogP contribution in [-0.4, -0.2) is 47.1 Å². The minimum atomic E-state index is -0.556. The van der Waals surface area contributed by atoms with Gasteiger partial charge in [0.05, 0.1) is 35.6 Å². The zero-order chi connectivity index (χ0) is 33.3. The number of aliphatic hydroxyl groups is 1. The van der Waals surface area contributed by atoms with Gasteiger partial charge in [0.15, 0.2) is 10.6 Å². The molecule has 3 atom stereocenters. The summed E-state index contributed by atoms with van der Waals surface area (Å²) < 4.78 is 20.1. The number of urea groups is 1. The molecule has 248 valence electrons. The molecule has 48 heavy (non-hydrogen) atoms. The molecule has 0 aliphatic carbocycles. The number of nitrogens with zero attached hydrogens (tertiary/aromatic N) is 1. The van der Waals surface area contributed by atoms with Crippen LogP contribution in [0.3, 0.4) is 0 Å². The van der Waals surface area contributed by atoms with Crippen LogP contribution in [0, 0.1) is 0 Å². The molecule has 5 aromatic rings. The first-order valence-corrected chi connectivity index (χ1v) is 17.6. The molecule has 11 heteroatoms. The van der Waals surface area contributed by atoms with Crippen LogP contribution in [0.4, 0.5) is 4.79 Å². The molecule has 4 aromatic carbocycles. The van der Waals surface area contributed by atoms with Crippen molar-refractivity contribution in [3.63, 3.8) is 0 Å². The van der Waals surface area contributed by atoms with Crippen LogP contribution >= 0.6 is 23.1 Å². The van der Waals surface area contributed by atoms with Crippen molar-refractivity contribution in [3.8, 4) is 11.1 Å². The van der Waals surface area contributed by atoms with E-state index in [4.69, 9.17) is 19.2 Å². The van der Waals surface area contributed by atoms with Gasteiger partial charge in [-0.2, -0.15) is 0 Å². The van der Waals surface area contributed by atoms with Gasteiger partial charge < -0.3 is 30.0 Å². The van der Waals surface area contributed by atoms with Crippen LogP contribution in [0.25, 0.3) is 21.3 Å². The third-order valence-electron chi connectivity index (χ3n) is 7.88. The number of para-hydroxylation sites is 1. The minimum absolute atomic E-state index is 0.00278. The first-order chi connectivity index (χ1) is 23.5. The summed E-state index contributed by atoms with van der Waals surface area (Å²) >= 11 is 3.40. The van der Waals surface area contributed by atoms with E-state index >= 15 is 0 Å². The normalized spacial score (nSPS) is 17.6. The maximum Gasteiger partial charge on any atom is 0.325 e.